The molecule has 0 aliphatic carbocycles. The molecule has 0 spiro atoms. The van der Waals surface area contributed by atoms with Gasteiger partial charge in [-0.25, -0.2) is 0 Å². The van der Waals surface area contributed by atoms with Gasteiger partial charge in [-0.1, -0.05) is 13.8 Å². The van der Waals surface area contributed by atoms with Gasteiger partial charge in [0.25, 0.3) is 0 Å². The molecule has 0 aromatic heterocycles. The number of methoxy groups -OCH3 is 2. The molecule has 0 aliphatic heterocycles. The number of hydrogen-bond acceptors (Lipinski definition) is 4. The van der Waals surface area contributed by atoms with Gasteiger partial charge in [0.1, 0.15) is 0 Å². The number of likely N-dealkylation sites (N-methyl/N-ethyl adjacent to an activating group) is 1. The molecule has 0 aliphatic rings. The molecule has 1 atom stereocenters. The summed E-state index contributed by atoms with van der Waals surface area (Å²) in [4.78, 5) is 2.50. The van der Waals surface area contributed by atoms with Gasteiger partial charge in [-0.05, 0) is 19.4 Å². The largest absolute Gasteiger partial charge is 0.385 e. The van der Waals surface area contributed by atoms with E-state index in [1.807, 2.05) is 7.05 Å². The third-order valence-corrected chi connectivity index (χ3v) is 3.03. The Morgan fingerprint density at radius 1 is 1.06 bits per heavy atom. The zero-order valence-corrected chi connectivity index (χ0v) is 12.2. The molecular weight excluding hydrogens is 216 g/mol. The molecule has 0 bridgehead atoms. The molecule has 0 aromatic carbocycles. The van der Waals surface area contributed by atoms with Crippen LogP contribution >= 0.6 is 0 Å². The van der Waals surface area contributed by atoms with Gasteiger partial charge in [0.05, 0.1) is 6.61 Å². The van der Waals surface area contributed by atoms with E-state index in [9.17, 15) is 0 Å². The van der Waals surface area contributed by atoms with Crippen LogP contribution in [-0.4, -0.2) is 65.1 Å². The van der Waals surface area contributed by atoms with Crippen LogP contribution in [0.15, 0.2) is 0 Å². The highest BCUT2D eigenvalue weighted by atomic mass is 16.5. The van der Waals surface area contributed by atoms with Crippen LogP contribution in [-0.2, 0) is 9.47 Å². The van der Waals surface area contributed by atoms with Crippen molar-refractivity contribution in [2.24, 2.45) is 5.92 Å². The van der Waals surface area contributed by atoms with Gasteiger partial charge in [-0.3, -0.25) is 4.90 Å². The maximum absolute atomic E-state index is 5.19. The second kappa shape index (κ2) is 11.0. The lowest BCUT2D eigenvalue weighted by Crippen LogP contribution is -2.47. The molecule has 1 unspecified atom stereocenters. The van der Waals surface area contributed by atoms with Crippen LogP contribution in [0.1, 0.15) is 20.3 Å². The molecular formula is C13H30N2O2. The lowest BCUT2D eigenvalue weighted by atomic mass is 10.0. The minimum Gasteiger partial charge on any atom is -0.385 e. The van der Waals surface area contributed by atoms with Crippen molar-refractivity contribution in [3.8, 4) is 0 Å². The highest BCUT2D eigenvalue weighted by Gasteiger charge is 2.20. The monoisotopic (exact) mass is 246 g/mol. The first-order chi connectivity index (χ1) is 8.17. The van der Waals surface area contributed by atoms with E-state index in [2.05, 4.69) is 24.1 Å². The zero-order valence-electron chi connectivity index (χ0n) is 12.2. The van der Waals surface area contributed by atoms with Crippen LogP contribution < -0.4 is 5.32 Å². The van der Waals surface area contributed by atoms with Crippen molar-refractivity contribution in [1.82, 2.24) is 10.2 Å². The number of hydrogen-bond donors (Lipinski definition) is 1. The molecule has 0 saturated carbocycles. The molecule has 0 aromatic rings. The molecule has 0 saturated heterocycles. The minimum absolute atomic E-state index is 0.562. The highest BCUT2D eigenvalue weighted by molar-refractivity contribution is 4.76. The second-order valence-corrected chi connectivity index (χ2v) is 4.74. The number of nitrogens with zero attached hydrogens (tertiary/aromatic N) is 1. The topological polar surface area (TPSA) is 33.7 Å². The minimum atomic E-state index is 0.562. The van der Waals surface area contributed by atoms with Gasteiger partial charge < -0.3 is 14.8 Å². The predicted octanol–water partition coefficient (Wildman–Crippen LogP) is 1.22. The Morgan fingerprint density at radius 2 is 1.71 bits per heavy atom. The van der Waals surface area contributed by atoms with Crippen LogP contribution in [0.2, 0.25) is 0 Å². The van der Waals surface area contributed by atoms with Gasteiger partial charge in [0.2, 0.25) is 0 Å². The third-order valence-electron chi connectivity index (χ3n) is 3.03. The molecule has 0 amide bonds. The summed E-state index contributed by atoms with van der Waals surface area (Å²) in [5, 5.41) is 3.28. The Hall–Kier alpha value is -0.160. The smallest absolute Gasteiger partial charge is 0.0589 e. The Bertz CT molecular complexity index is 165. The summed E-state index contributed by atoms with van der Waals surface area (Å²) < 4.78 is 10.3. The fourth-order valence-corrected chi connectivity index (χ4v) is 2.06. The summed E-state index contributed by atoms with van der Waals surface area (Å²) in [6.45, 7) is 9.25. The standard InChI is InChI=1S/C13H30N2O2/c1-12(2)13(11-14-3)15(8-10-17-5)7-6-9-16-4/h12-14H,6-11H2,1-5H3. The number of ether oxygens (including phenoxy) is 2. The first kappa shape index (κ1) is 16.8. The van der Waals surface area contributed by atoms with Gasteiger partial charge in [0, 0.05) is 46.5 Å². The van der Waals surface area contributed by atoms with E-state index in [-0.39, 0.29) is 0 Å². The lowest BCUT2D eigenvalue weighted by molar-refractivity contribution is 0.0889. The van der Waals surface area contributed by atoms with Gasteiger partial charge in [-0.15, -0.1) is 0 Å². The highest BCUT2D eigenvalue weighted by Crippen LogP contribution is 2.10. The zero-order chi connectivity index (χ0) is 13.1. The Morgan fingerprint density at radius 3 is 2.18 bits per heavy atom. The maximum Gasteiger partial charge on any atom is 0.0589 e. The summed E-state index contributed by atoms with van der Waals surface area (Å²) in [6.07, 6.45) is 1.08. The molecule has 104 valence electrons. The summed E-state index contributed by atoms with van der Waals surface area (Å²) in [6, 6.07) is 0.562. The Labute approximate surface area is 107 Å². The molecule has 0 heterocycles. The molecule has 1 N–H and O–H groups in total. The van der Waals surface area contributed by atoms with Crippen molar-refractivity contribution in [2.75, 3.05) is 54.1 Å². The van der Waals surface area contributed by atoms with E-state index in [1.54, 1.807) is 14.2 Å². The Balaban J connectivity index is 4.26. The molecule has 4 heteroatoms. The average Bonchev–Trinajstić information content (AvgIpc) is 2.31. The van der Waals surface area contributed by atoms with Crippen molar-refractivity contribution < 1.29 is 9.47 Å². The predicted molar refractivity (Wildman–Crippen MR) is 72.5 cm³/mol. The van der Waals surface area contributed by atoms with Crippen molar-refractivity contribution in [3.63, 3.8) is 0 Å². The van der Waals surface area contributed by atoms with E-state index in [0.29, 0.717) is 12.0 Å². The Kier molecular flexibility index (Phi) is 10.9. The lowest BCUT2D eigenvalue weighted by Gasteiger charge is -2.34. The average molecular weight is 246 g/mol. The summed E-state index contributed by atoms with van der Waals surface area (Å²) in [7, 11) is 5.53. The van der Waals surface area contributed by atoms with Crippen molar-refractivity contribution in [3.05, 3.63) is 0 Å². The quantitative estimate of drug-likeness (QED) is 0.556. The number of rotatable bonds is 11. The SMILES string of the molecule is CNCC(C(C)C)N(CCCOC)CCOC. The molecule has 0 radical (unpaired) electrons. The molecule has 17 heavy (non-hydrogen) atoms. The second-order valence-electron chi connectivity index (χ2n) is 4.74. The molecule has 0 rings (SSSR count). The first-order valence-corrected chi connectivity index (χ1v) is 6.53. The van der Waals surface area contributed by atoms with Crippen LogP contribution in [0.3, 0.4) is 0 Å². The van der Waals surface area contributed by atoms with Crippen LogP contribution in [0.5, 0.6) is 0 Å². The van der Waals surface area contributed by atoms with E-state index in [1.165, 1.54) is 0 Å². The van der Waals surface area contributed by atoms with Crippen LogP contribution in [0.4, 0.5) is 0 Å². The third kappa shape index (κ3) is 7.71. The van der Waals surface area contributed by atoms with Crippen LogP contribution in [0, 0.1) is 5.92 Å². The van der Waals surface area contributed by atoms with Crippen molar-refractivity contribution in [2.45, 2.75) is 26.3 Å². The number of nitrogens with one attached hydrogen (secondary N) is 1. The maximum atomic E-state index is 5.19. The van der Waals surface area contributed by atoms with Gasteiger partial charge in [-0.2, -0.15) is 0 Å². The van der Waals surface area contributed by atoms with E-state index < -0.39 is 0 Å². The van der Waals surface area contributed by atoms with E-state index >= 15 is 0 Å². The fourth-order valence-electron chi connectivity index (χ4n) is 2.06. The van der Waals surface area contributed by atoms with E-state index in [0.717, 1.165) is 39.3 Å². The van der Waals surface area contributed by atoms with Crippen molar-refractivity contribution in [1.29, 1.82) is 0 Å². The fraction of sp³-hybridized carbons (Fsp3) is 1.00. The van der Waals surface area contributed by atoms with Gasteiger partial charge in [0.15, 0.2) is 0 Å². The van der Waals surface area contributed by atoms with Crippen molar-refractivity contribution >= 4 is 0 Å². The summed E-state index contributed by atoms with van der Waals surface area (Å²) in [5.74, 6) is 0.641. The molecule has 4 nitrogen and oxygen atoms in total. The van der Waals surface area contributed by atoms with Crippen LogP contribution in [0.25, 0.3) is 0 Å². The summed E-state index contributed by atoms with van der Waals surface area (Å²) >= 11 is 0. The van der Waals surface area contributed by atoms with Gasteiger partial charge >= 0.3 is 0 Å². The summed E-state index contributed by atoms with van der Waals surface area (Å²) in [5.41, 5.74) is 0. The normalized spacial score (nSPS) is 13.6. The first-order valence-electron chi connectivity index (χ1n) is 6.53. The van der Waals surface area contributed by atoms with E-state index in [4.69, 9.17) is 9.47 Å². The molecule has 0 fully saturated rings.